The van der Waals surface area contributed by atoms with Crippen molar-refractivity contribution in [2.24, 2.45) is 0 Å². The zero-order valence-electron chi connectivity index (χ0n) is 27.9. The Balaban J connectivity index is 1.48. The molecule has 13 heteroatoms. The maximum absolute atomic E-state index is 14.4. The van der Waals surface area contributed by atoms with Crippen LogP contribution in [0.25, 0.3) is 10.9 Å². The summed E-state index contributed by atoms with van der Waals surface area (Å²) in [5, 5.41) is 2.84. The number of likely N-dealkylation sites (N-methyl/N-ethyl adjacent to an activating group) is 1. The van der Waals surface area contributed by atoms with Crippen LogP contribution in [0.15, 0.2) is 71.7 Å². The molecule has 0 radical (unpaired) electrons. The zero-order valence-corrected chi connectivity index (χ0v) is 24.9. The van der Waals surface area contributed by atoms with E-state index in [4.69, 9.17) is 8.85 Å². The third-order valence-electron chi connectivity index (χ3n) is 6.99. The molecule has 1 atom stereocenters. The van der Waals surface area contributed by atoms with Crippen molar-refractivity contribution in [3.8, 4) is 5.75 Å². The van der Waals surface area contributed by atoms with Crippen LogP contribution in [0.5, 0.6) is 5.75 Å². The van der Waals surface area contributed by atoms with Gasteiger partial charge in [0.05, 0.1) is 25.2 Å². The number of alkyl carbamates (subject to hydrolysis) is 1. The number of rotatable bonds is 13. The summed E-state index contributed by atoms with van der Waals surface area (Å²) in [5.41, 5.74) is 0.564. The number of aromatic amines is 1. The number of hydrogen-bond acceptors (Lipinski definition) is 6. The van der Waals surface area contributed by atoms with Gasteiger partial charge < -0.3 is 29.2 Å². The Morgan fingerprint density at radius 3 is 2.65 bits per heavy atom. The van der Waals surface area contributed by atoms with Crippen molar-refractivity contribution in [2.75, 3.05) is 21.1 Å². The van der Waals surface area contributed by atoms with Crippen molar-refractivity contribution in [1.29, 1.82) is 0 Å². The van der Waals surface area contributed by atoms with Crippen LogP contribution >= 0.6 is 0 Å². The molecule has 0 unspecified atom stereocenters. The Bertz CT molecular complexity index is 1940. The molecule has 2 aromatic carbocycles. The van der Waals surface area contributed by atoms with Gasteiger partial charge >= 0.3 is 6.09 Å². The highest BCUT2D eigenvalue weighted by atomic mass is 19.1. The van der Waals surface area contributed by atoms with Crippen LogP contribution in [0.1, 0.15) is 33.8 Å². The summed E-state index contributed by atoms with van der Waals surface area (Å²) >= 11 is 0. The summed E-state index contributed by atoms with van der Waals surface area (Å²) < 4.78 is 75.3. The second kappa shape index (κ2) is 15.1. The van der Waals surface area contributed by atoms with Crippen molar-refractivity contribution < 1.29 is 41.1 Å². The van der Waals surface area contributed by atoms with E-state index in [1.165, 1.54) is 35.0 Å². The SMILES string of the molecule is [2H]C([2H])([2H])N(C)C(=O)/C=C/CC[C@H](NC(=O)OC)C(=O)Cc1cccn(Cc2cc3cc(F)cc(OCc4ccc(F)cc4F)c3[nH]2)c1=O. The number of ether oxygens (including phenoxy) is 2. The molecule has 4 rings (SSSR count). The number of benzene rings is 2. The van der Waals surface area contributed by atoms with Crippen LogP contribution in [0, 0.1) is 17.5 Å². The van der Waals surface area contributed by atoms with Gasteiger partial charge in [0.1, 0.15) is 29.8 Å². The summed E-state index contributed by atoms with van der Waals surface area (Å²) in [6.45, 7) is -2.92. The summed E-state index contributed by atoms with van der Waals surface area (Å²) in [7, 11) is 2.25. The number of hydrogen-bond donors (Lipinski definition) is 2. The Hall–Kier alpha value is -5.33. The van der Waals surface area contributed by atoms with Crippen molar-refractivity contribution >= 4 is 28.7 Å². The van der Waals surface area contributed by atoms with Crippen LogP contribution in [0.2, 0.25) is 0 Å². The van der Waals surface area contributed by atoms with Gasteiger partial charge in [-0.05, 0) is 49.2 Å². The second-order valence-corrected chi connectivity index (χ2v) is 10.4. The van der Waals surface area contributed by atoms with Gasteiger partial charge in [0, 0.05) is 65.1 Å². The van der Waals surface area contributed by atoms with Gasteiger partial charge in [-0.1, -0.05) is 12.1 Å². The number of methoxy groups -OCH3 is 1. The number of allylic oxidation sites excluding steroid dienone is 1. The average Bonchev–Trinajstić information content (AvgIpc) is 3.44. The lowest BCUT2D eigenvalue weighted by Crippen LogP contribution is -2.42. The monoisotopic (exact) mass is 641 g/mol. The quantitative estimate of drug-likeness (QED) is 0.205. The number of pyridine rings is 1. The third-order valence-corrected chi connectivity index (χ3v) is 6.99. The minimum Gasteiger partial charge on any atom is -0.486 e. The average molecular weight is 642 g/mol. The first kappa shape index (κ1) is 29.4. The maximum atomic E-state index is 14.4. The Kier molecular flexibility index (Phi) is 9.65. The summed E-state index contributed by atoms with van der Waals surface area (Å²) in [6.07, 6.45) is 2.84. The number of carbonyl (C=O) groups is 3. The molecule has 0 spiro atoms. The smallest absolute Gasteiger partial charge is 0.407 e. The van der Waals surface area contributed by atoms with Crippen LogP contribution < -0.4 is 15.6 Å². The number of halogens is 3. The molecule has 0 aliphatic heterocycles. The lowest BCUT2D eigenvalue weighted by atomic mass is 10.0. The molecule has 0 bridgehead atoms. The fourth-order valence-corrected chi connectivity index (χ4v) is 4.64. The number of fused-ring (bicyclic) bond motifs is 1. The lowest BCUT2D eigenvalue weighted by Gasteiger charge is -2.16. The number of aromatic nitrogens is 2. The van der Waals surface area contributed by atoms with Crippen LogP contribution in [-0.2, 0) is 33.9 Å². The van der Waals surface area contributed by atoms with Crippen LogP contribution in [0.4, 0.5) is 18.0 Å². The first-order valence-electron chi connectivity index (χ1n) is 15.5. The summed E-state index contributed by atoms with van der Waals surface area (Å²) in [6, 6.07) is 8.95. The van der Waals surface area contributed by atoms with Gasteiger partial charge in [-0.2, -0.15) is 0 Å². The van der Waals surface area contributed by atoms with E-state index in [1.807, 2.05) is 0 Å². The Morgan fingerprint density at radius 2 is 1.91 bits per heavy atom. The predicted molar refractivity (Wildman–Crippen MR) is 164 cm³/mol. The highest BCUT2D eigenvalue weighted by molar-refractivity contribution is 5.89. The fourth-order valence-electron chi connectivity index (χ4n) is 4.64. The first-order chi connectivity index (χ1) is 23.2. The minimum absolute atomic E-state index is 0.00342. The van der Waals surface area contributed by atoms with Gasteiger partial charge in [-0.3, -0.25) is 14.4 Å². The standard InChI is InChI=1S/C33H33F3N4O6/c1-39(2)30(42)9-5-4-8-27(38-33(44)45-3)28(41)15-20-7-6-12-40(32(20)43)18-25-14-22-13-24(35)17-29(31(22)37-25)46-19-21-10-11-23(34)16-26(21)36/h5-7,9-14,16-17,27,37H,4,8,15,18-19H2,1-3H3,(H,38,44)/b9-5+/t27-/m0/s1/i1D3. The molecule has 0 saturated heterocycles. The molecule has 0 aliphatic rings. The molecule has 2 N–H and O–H groups in total. The molecule has 10 nitrogen and oxygen atoms in total. The van der Waals surface area contributed by atoms with Crippen molar-refractivity contribution in [1.82, 2.24) is 19.8 Å². The molecule has 2 amide bonds. The highest BCUT2D eigenvalue weighted by Gasteiger charge is 2.22. The van der Waals surface area contributed by atoms with E-state index in [-0.39, 0.29) is 49.3 Å². The van der Waals surface area contributed by atoms with Gasteiger partial charge in [0.25, 0.3) is 5.56 Å². The summed E-state index contributed by atoms with van der Waals surface area (Å²) in [4.78, 5) is 54.3. The largest absolute Gasteiger partial charge is 0.486 e. The van der Waals surface area contributed by atoms with Crippen molar-refractivity contribution in [3.05, 3.63) is 112 Å². The Morgan fingerprint density at radius 1 is 1.11 bits per heavy atom. The molecule has 4 aromatic rings. The number of nitrogens with one attached hydrogen (secondary N) is 2. The molecule has 242 valence electrons. The van der Waals surface area contributed by atoms with E-state index in [0.717, 1.165) is 38.4 Å². The molecule has 2 aromatic heterocycles. The molecule has 46 heavy (non-hydrogen) atoms. The molecular formula is C33H33F3N4O6. The van der Waals surface area contributed by atoms with Gasteiger partial charge in [-0.15, -0.1) is 0 Å². The van der Waals surface area contributed by atoms with Crippen molar-refractivity contribution in [3.63, 3.8) is 0 Å². The molecule has 2 heterocycles. The number of ketones is 1. The second-order valence-electron chi connectivity index (χ2n) is 10.4. The first-order valence-corrected chi connectivity index (χ1v) is 14.0. The maximum Gasteiger partial charge on any atom is 0.407 e. The fraction of sp³-hybridized carbons (Fsp3) is 0.273. The lowest BCUT2D eigenvalue weighted by molar-refractivity contribution is -0.123. The van der Waals surface area contributed by atoms with E-state index in [2.05, 4.69) is 15.0 Å². The summed E-state index contributed by atoms with van der Waals surface area (Å²) in [5.74, 6) is -3.38. The zero-order chi connectivity index (χ0) is 35.9. The number of Topliss-reactive ketones (excluding diaryl/α,β-unsaturated/α-hetero) is 1. The van der Waals surface area contributed by atoms with E-state index in [1.54, 1.807) is 12.1 Å². The predicted octanol–water partition coefficient (Wildman–Crippen LogP) is 4.64. The molecule has 0 fully saturated rings. The van der Waals surface area contributed by atoms with E-state index in [0.29, 0.717) is 21.5 Å². The number of H-pyrrole nitrogens is 1. The minimum atomic E-state index is -2.62. The van der Waals surface area contributed by atoms with Gasteiger partial charge in [0.2, 0.25) is 5.91 Å². The molecular weight excluding hydrogens is 605 g/mol. The Labute approximate surface area is 266 Å². The van der Waals surface area contributed by atoms with Gasteiger partial charge in [0.15, 0.2) is 5.78 Å². The van der Waals surface area contributed by atoms with Crippen LogP contribution in [0.3, 0.4) is 0 Å². The van der Waals surface area contributed by atoms with Crippen molar-refractivity contribution in [2.45, 2.75) is 38.5 Å². The number of amides is 2. The number of carbonyl (C=O) groups excluding carboxylic acids is 3. The normalized spacial score (nSPS) is 13.1. The molecule has 0 aliphatic carbocycles. The van der Waals surface area contributed by atoms with Gasteiger partial charge in [-0.25, -0.2) is 18.0 Å². The van der Waals surface area contributed by atoms with E-state index < -0.39 is 53.8 Å². The number of nitrogens with zero attached hydrogens (tertiary/aromatic N) is 2. The topological polar surface area (TPSA) is 123 Å². The van der Waals surface area contributed by atoms with E-state index >= 15 is 0 Å². The third kappa shape index (κ3) is 8.65. The van der Waals surface area contributed by atoms with Crippen LogP contribution in [-0.4, -0.2) is 59.4 Å². The highest BCUT2D eigenvalue weighted by Crippen LogP contribution is 2.29. The molecule has 0 saturated carbocycles. The van der Waals surface area contributed by atoms with E-state index in [9.17, 15) is 32.3 Å².